The molecular weight excluding hydrogens is 302 g/mol. The van der Waals surface area contributed by atoms with Crippen molar-refractivity contribution >= 4 is 23.2 Å². The number of hydrogen-bond donors (Lipinski definition) is 1. The number of carbonyl (C=O) groups is 1. The molecule has 6 heteroatoms. The second-order valence-corrected chi connectivity index (χ2v) is 5.26. The van der Waals surface area contributed by atoms with Crippen LogP contribution in [0.15, 0.2) is 53.8 Å². The van der Waals surface area contributed by atoms with E-state index in [1.54, 1.807) is 12.3 Å². The Hall–Kier alpha value is -2.40. The third kappa shape index (κ3) is 3.26. The van der Waals surface area contributed by atoms with Gasteiger partial charge in [-0.15, -0.1) is 0 Å². The van der Waals surface area contributed by atoms with Gasteiger partial charge in [-0.25, -0.2) is 0 Å². The molecule has 1 amide bonds. The molecule has 1 aromatic heterocycles. The molecule has 2 heterocycles. The monoisotopic (exact) mass is 315 g/mol. The SMILES string of the molecule is O=C(NCc1ccccn1)[C@@H]1CC(c2ccccc2Cl)=NO1. The fraction of sp³-hybridized carbons (Fsp3) is 0.188. The molecule has 0 fully saturated rings. The number of hydrogen-bond acceptors (Lipinski definition) is 4. The van der Waals surface area contributed by atoms with Crippen molar-refractivity contribution < 1.29 is 9.63 Å². The summed E-state index contributed by atoms with van der Waals surface area (Å²) in [5.74, 6) is -0.212. The van der Waals surface area contributed by atoms with Gasteiger partial charge in [0, 0.05) is 23.2 Å². The van der Waals surface area contributed by atoms with Gasteiger partial charge in [-0.2, -0.15) is 0 Å². The zero-order chi connectivity index (χ0) is 15.4. The maximum absolute atomic E-state index is 12.1. The molecule has 0 radical (unpaired) electrons. The zero-order valence-corrected chi connectivity index (χ0v) is 12.5. The van der Waals surface area contributed by atoms with Crippen LogP contribution in [0.2, 0.25) is 5.02 Å². The summed E-state index contributed by atoms with van der Waals surface area (Å²) in [5.41, 5.74) is 2.27. The second kappa shape index (κ2) is 6.58. The zero-order valence-electron chi connectivity index (χ0n) is 11.7. The topological polar surface area (TPSA) is 63.6 Å². The number of rotatable bonds is 4. The normalized spacial score (nSPS) is 16.8. The Labute approximate surface area is 133 Å². The van der Waals surface area contributed by atoms with Crippen molar-refractivity contribution in [2.45, 2.75) is 19.1 Å². The summed E-state index contributed by atoms with van der Waals surface area (Å²) in [4.78, 5) is 21.5. The lowest BCUT2D eigenvalue weighted by Crippen LogP contribution is -2.34. The first-order valence-electron chi connectivity index (χ1n) is 6.89. The first-order chi connectivity index (χ1) is 10.7. The van der Waals surface area contributed by atoms with Crippen LogP contribution in [-0.4, -0.2) is 22.7 Å². The summed E-state index contributed by atoms with van der Waals surface area (Å²) < 4.78 is 0. The minimum Gasteiger partial charge on any atom is -0.382 e. The fourth-order valence-corrected chi connectivity index (χ4v) is 2.41. The molecule has 1 N–H and O–H groups in total. The summed E-state index contributed by atoms with van der Waals surface area (Å²) in [6.45, 7) is 0.362. The standard InChI is InChI=1S/C16H14ClN3O2/c17-13-7-2-1-6-12(13)14-9-15(22-20-14)16(21)19-10-11-5-3-4-8-18-11/h1-8,15H,9-10H2,(H,19,21)/t15-/m0/s1. The van der Waals surface area contributed by atoms with Gasteiger partial charge in [-0.05, 0) is 18.2 Å². The highest BCUT2D eigenvalue weighted by atomic mass is 35.5. The predicted molar refractivity (Wildman–Crippen MR) is 83.6 cm³/mol. The average molecular weight is 316 g/mol. The van der Waals surface area contributed by atoms with Crippen LogP contribution in [0.3, 0.4) is 0 Å². The van der Waals surface area contributed by atoms with Gasteiger partial charge in [-0.1, -0.05) is 41.0 Å². The van der Waals surface area contributed by atoms with E-state index in [-0.39, 0.29) is 5.91 Å². The van der Waals surface area contributed by atoms with E-state index in [0.29, 0.717) is 23.7 Å². The molecule has 0 unspecified atom stereocenters. The van der Waals surface area contributed by atoms with E-state index in [1.807, 2.05) is 36.4 Å². The van der Waals surface area contributed by atoms with Crippen LogP contribution in [0.5, 0.6) is 0 Å². The maximum Gasteiger partial charge on any atom is 0.264 e. The molecule has 22 heavy (non-hydrogen) atoms. The quantitative estimate of drug-likeness (QED) is 0.943. The van der Waals surface area contributed by atoms with Crippen LogP contribution >= 0.6 is 11.6 Å². The van der Waals surface area contributed by atoms with E-state index in [4.69, 9.17) is 16.4 Å². The van der Waals surface area contributed by atoms with Gasteiger partial charge in [0.05, 0.1) is 18.0 Å². The Morgan fingerprint density at radius 2 is 2.09 bits per heavy atom. The number of aromatic nitrogens is 1. The Morgan fingerprint density at radius 3 is 2.86 bits per heavy atom. The summed E-state index contributed by atoms with van der Waals surface area (Å²) in [5, 5.41) is 7.37. The van der Waals surface area contributed by atoms with Crippen LogP contribution in [0.1, 0.15) is 17.7 Å². The summed E-state index contributed by atoms with van der Waals surface area (Å²) in [6.07, 6.45) is 1.46. The van der Waals surface area contributed by atoms with Crippen molar-refractivity contribution in [2.75, 3.05) is 0 Å². The molecule has 0 saturated heterocycles. The van der Waals surface area contributed by atoms with Crippen LogP contribution in [0.25, 0.3) is 0 Å². The van der Waals surface area contributed by atoms with Gasteiger partial charge in [0.15, 0.2) is 0 Å². The predicted octanol–water partition coefficient (Wildman–Crippen LogP) is 2.54. The van der Waals surface area contributed by atoms with Gasteiger partial charge in [0.25, 0.3) is 5.91 Å². The number of nitrogens with zero attached hydrogens (tertiary/aromatic N) is 2. The van der Waals surface area contributed by atoms with E-state index >= 15 is 0 Å². The molecule has 0 saturated carbocycles. The van der Waals surface area contributed by atoms with Crippen LogP contribution in [-0.2, 0) is 16.2 Å². The first kappa shape index (κ1) is 14.5. The lowest BCUT2D eigenvalue weighted by Gasteiger charge is -2.09. The number of pyridine rings is 1. The molecule has 1 aromatic carbocycles. The number of carbonyl (C=O) groups excluding carboxylic acids is 1. The molecule has 3 rings (SSSR count). The van der Waals surface area contributed by atoms with Gasteiger partial charge in [0.2, 0.25) is 6.10 Å². The van der Waals surface area contributed by atoms with Crippen molar-refractivity contribution in [3.8, 4) is 0 Å². The largest absolute Gasteiger partial charge is 0.382 e. The number of benzene rings is 1. The lowest BCUT2D eigenvalue weighted by molar-refractivity contribution is -0.131. The Kier molecular flexibility index (Phi) is 4.34. The minimum absolute atomic E-state index is 0.212. The van der Waals surface area contributed by atoms with E-state index in [0.717, 1.165) is 11.3 Å². The summed E-state index contributed by atoms with van der Waals surface area (Å²) in [6, 6.07) is 12.9. The van der Waals surface area contributed by atoms with Crippen LogP contribution < -0.4 is 5.32 Å². The van der Waals surface area contributed by atoms with Gasteiger partial charge < -0.3 is 10.2 Å². The molecule has 2 aromatic rings. The molecule has 0 bridgehead atoms. The van der Waals surface area contributed by atoms with Crippen molar-refractivity contribution in [3.05, 3.63) is 64.9 Å². The van der Waals surface area contributed by atoms with E-state index in [1.165, 1.54) is 0 Å². The van der Waals surface area contributed by atoms with Gasteiger partial charge >= 0.3 is 0 Å². The smallest absolute Gasteiger partial charge is 0.264 e. The van der Waals surface area contributed by atoms with E-state index in [2.05, 4.69) is 15.5 Å². The second-order valence-electron chi connectivity index (χ2n) is 4.85. The Morgan fingerprint density at radius 1 is 1.27 bits per heavy atom. The summed E-state index contributed by atoms with van der Waals surface area (Å²) >= 11 is 6.13. The van der Waals surface area contributed by atoms with Crippen molar-refractivity contribution in [1.82, 2.24) is 10.3 Å². The lowest BCUT2D eigenvalue weighted by atomic mass is 10.0. The molecule has 1 atom stereocenters. The van der Waals surface area contributed by atoms with Crippen molar-refractivity contribution in [3.63, 3.8) is 0 Å². The summed E-state index contributed by atoms with van der Waals surface area (Å²) in [7, 11) is 0. The van der Waals surface area contributed by atoms with Gasteiger partial charge in [0.1, 0.15) is 0 Å². The molecule has 1 aliphatic heterocycles. The number of nitrogens with one attached hydrogen (secondary N) is 1. The maximum atomic E-state index is 12.1. The highest BCUT2D eigenvalue weighted by molar-refractivity contribution is 6.34. The number of oxime groups is 1. The van der Waals surface area contributed by atoms with Gasteiger partial charge in [-0.3, -0.25) is 9.78 Å². The van der Waals surface area contributed by atoms with E-state index < -0.39 is 6.10 Å². The fourth-order valence-electron chi connectivity index (χ4n) is 2.17. The van der Waals surface area contributed by atoms with E-state index in [9.17, 15) is 4.79 Å². The molecule has 1 aliphatic rings. The van der Waals surface area contributed by atoms with Crippen LogP contribution in [0.4, 0.5) is 0 Å². The number of amides is 1. The highest BCUT2D eigenvalue weighted by Crippen LogP contribution is 2.22. The third-order valence-corrected chi connectivity index (χ3v) is 3.65. The molecule has 0 spiro atoms. The van der Waals surface area contributed by atoms with Crippen LogP contribution in [0, 0.1) is 0 Å². The van der Waals surface area contributed by atoms with Crippen molar-refractivity contribution in [1.29, 1.82) is 0 Å². The Bertz CT molecular complexity index is 704. The Balaban J connectivity index is 1.57. The highest BCUT2D eigenvalue weighted by Gasteiger charge is 2.29. The molecule has 112 valence electrons. The third-order valence-electron chi connectivity index (χ3n) is 3.32. The molecule has 0 aliphatic carbocycles. The van der Waals surface area contributed by atoms with Crippen molar-refractivity contribution in [2.24, 2.45) is 5.16 Å². The minimum atomic E-state index is -0.630. The molecular formula is C16H14ClN3O2. The molecule has 5 nitrogen and oxygen atoms in total. The average Bonchev–Trinajstić information content (AvgIpc) is 3.04. The number of halogens is 1. The first-order valence-corrected chi connectivity index (χ1v) is 7.27.